The van der Waals surface area contributed by atoms with Gasteiger partial charge in [0.25, 0.3) is 0 Å². The van der Waals surface area contributed by atoms with Crippen LogP contribution in [0.15, 0.2) is 65.4 Å². The maximum atomic E-state index is 5.59. The molecule has 0 radical (unpaired) electrons. The first-order chi connectivity index (χ1) is 14.4. The van der Waals surface area contributed by atoms with Crippen LogP contribution in [0.2, 0.25) is 0 Å². The van der Waals surface area contributed by atoms with Gasteiger partial charge in [-0.2, -0.15) is 11.8 Å². The van der Waals surface area contributed by atoms with Gasteiger partial charge >= 0.3 is 0 Å². The van der Waals surface area contributed by atoms with Crippen molar-refractivity contribution in [1.29, 1.82) is 0 Å². The first kappa shape index (κ1) is 21.2. The summed E-state index contributed by atoms with van der Waals surface area (Å²) in [6.45, 7) is 8.93. The molecule has 2 heterocycles. The third kappa shape index (κ3) is 4.50. The van der Waals surface area contributed by atoms with Gasteiger partial charge in [-0.3, -0.25) is 0 Å². The normalized spacial score (nSPS) is 20.4. The minimum Gasteiger partial charge on any atom is -0.352 e. The zero-order chi connectivity index (χ0) is 21.3. The molecule has 0 amide bonds. The van der Waals surface area contributed by atoms with Crippen LogP contribution in [0.1, 0.15) is 67.8 Å². The summed E-state index contributed by atoms with van der Waals surface area (Å²) in [5.74, 6) is 3.10. The predicted octanol–water partition coefficient (Wildman–Crippen LogP) is 6.54. The second-order valence-electron chi connectivity index (χ2n) is 8.74. The maximum absolute atomic E-state index is 5.59. The van der Waals surface area contributed by atoms with E-state index in [-0.39, 0.29) is 6.04 Å². The highest BCUT2D eigenvalue weighted by molar-refractivity contribution is 7.99. The quantitative estimate of drug-likeness (QED) is 0.534. The van der Waals surface area contributed by atoms with E-state index >= 15 is 0 Å². The van der Waals surface area contributed by atoms with Crippen molar-refractivity contribution >= 4 is 35.2 Å². The lowest BCUT2D eigenvalue weighted by atomic mass is 9.91. The van der Waals surface area contributed by atoms with Gasteiger partial charge in [0.05, 0.1) is 6.04 Å². The van der Waals surface area contributed by atoms with Crippen molar-refractivity contribution in [2.75, 3.05) is 11.5 Å². The summed E-state index contributed by atoms with van der Waals surface area (Å²) in [5.41, 5.74) is 9.19. The number of thiocarbonyl (C=S) groups is 1. The Bertz CT molecular complexity index is 983. The van der Waals surface area contributed by atoms with Gasteiger partial charge in [-0.15, -0.1) is 0 Å². The smallest absolute Gasteiger partial charge is 0.171 e. The van der Waals surface area contributed by atoms with Crippen LogP contribution in [0.5, 0.6) is 0 Å². The number of hydrogen-bond donors (Lipinski definition) is 2. The Morgan fingerprint density at radius 1 is 0.900 bits per heavy atom. The molecule has 0 saturated carbocycles. The molecule has 0 saturated heterocycles. The van der Waals surface area contributed by atoms with Crippen molar-refractivity contribution in [2.45, 2.75) is 45.6 Å². The topological polar surface area (TPSA) is 24.1 Å². The Morgan fingerprint density at radius 2 is 1.50 bits per heavy atom. The van der Waals surface area contributed by atoms with E-state index in [9.17, 15) is 0 Å². The standard InChI is InChI=1S/C26H30N2S2/c1-16(2)19-7-5-18(6-8-19)13-22-14-30-15-23-24(27-26(29)28-25(22)23)21-11-9-20(10-12-21)17(3)4/h5-13,16-17,24H,14-15H2,1-4H3,(H2,27,28,29)/b22-13-/t24-/m1/s1. The first-order valence-electron chi connectivity index (χ1n) is 10.7. The Morgan fingerprint density at radius 3 is 2.10 bits per heavy atom. The van der Waals surface area contributed by atoms with Crippen LogP contribution in [0, 0.1) is 0 Å². The largest absolute Gasteiger partial charge is 0.352 e. The number of hydrogen-bond acceptors (Lipinski definition) is 2. The van der Waals surface area contributed by atoms with Crippen LogP contribution in [0.25, 0.3) is 6.08 Å². The average Bonchev–Trinajstić information content (AvgIpc) is 2.74. The molecule has 0 unspecified atom stereocenters. The van der Waals surface area contributed by atoms with Gasteiger partial charge in [-0.1, -0.05) is 76.2 Å². The number of thioether (sulfide) groups is 1. The molecular formula is C26H30N2S2. The Kier molecular flexibility index (Phi) is 6.35. The van der Waals surface area contributed by atoms with E-state index in [1.165, 1.54) is 39.1 Å². The van der Waals surface area contributed by atoms with E-state index in [0.717, 1.165) is 11.5 Å². The lowest BCUT2D eigenvalue weighted by Crippen LogP contribution is -2.45. The number of benzene rings is 2. The fraction of sp³-hybridized carbons (Fsp3) is 0.346. The van der Waals surface area contributed by atoms with Crippen molar-refractivity contribution in [1.82, 2.24) is 10.6 Å². The molecule has 2 aromatic rings. The Balaban J connectivity index is 1.68. The minimum atomic E-state index is 0.134. The van der Waals surface area contributed by atoms with Crippen LogP contribution in [-0.2, 0) is 0 Å². The van der Waals surface area contributed by atoms with E-state index in [2.05, 4.69) is 92.9 Å². The van der Waals surface area contributed by atoms with Gasteiger partial charge in [-0.25, -0.2) is 0 Å². The highest BCUT2D eigenvalue weighted by Crippen LogP contribution is 2.37. The molecule has 2 aromatic carbocycles. The molecule has 2 N–H and O–H groups in total. The lowest BCUT2D eigenvalue weighted by Gasteiger charge is -2.36. The first-order valence-corrected chi connectivity index (χ1v) is 12.3. The number of rotatable bonds is 4. The van der Waals surface area contributed by atoms with Crippen molar-refractivity contribution in [2.24, 2.45) is 0 Å². The van der Waals surface area contributed by atoms with E-state index in [4.69, 9.17) is 12.2 Å². The van der Waals surface area contributed by atoms with Crippen LogP contribution < -0.4 is 10.6 Å². The monoisotopic (exact) mass is 434 g/mol. The predicted molar refractivity (Wildman–Crippen MR) is 135 cm³/mol. The van der Waals surface area contributed by atoms with Crippen molar-refractivity contribution in [3.05, 3.63) is 87.6 Å². The summed E-state index contributed by atoms with van der Waals surface area (Å²) in [7, 11) is 0. The van der Waals surface area contributed by atoms with Gasteiger partial charge in [0.1, 0.15) is 0 Å². The lowest BCUT2D eigenvalue weighted by molar-refractivity contribution is 0.693. The summed E-state index contributed by atoms with van der Waals surface area (Å²) in [5, 5.41) is 7.68. The zero-order valence-corrected chi connectivity index (χ0v) is 19.8. The fourth-order valence-electron chi connectivity index (χ4n) is 4.03. The Hall–Kier alpha value is -2.04. The van der Waals surface area contributed by atoms with E-state index in [1.54, 1.807) is 0 Å². The molecule has 0 bridgehead atoms. The van der Waals surface area contributed by atoms with Crippen molar-refractivity contribution < 1.29 is 0 Å². The van der Waals surface area contributed by atoms with Crippen molar-refractivity contribution in [3.63, 3.8) is 0 Å². The minimum absolute atomic E-state index is 0.134. The molecule has 4 heteroatoms. The van der Waals surface area contributed by atoms with Crippen LogP contribution >= 0.6 is 24.0 Å². The molecule has 1 atom stereocenters. The molecule has 2 nitrogen and oxygen atoms in total. The van der Waals surface area contributed by atoms with E-state index < -0.39 is 0 Å². The third-order valence-electron chi connectivity index (χ3n) is 5.90. The van der Waals surface area contributed by atoms with Crippen LogP contribution in [0.3, 0.4) is 0 Å². The molecule has 4 rings (SSSR count). The van der Waals surface area contributed by atoms with Gasteiger partial charge in [0.2, 0.25) is 0 Å². The van der Waals surface area contributed by atoms with E-state index in [1.807, 2.05) is 11.8 Å². The van der Waals surface area contributed by atoms with Gasteiger partial charge in [0.15, 0.2) is 5.11 Å². The molecule has 2 aliphatic rings. The summed E-state index contributed by atoms with van der Waals surface area (Å²) >= 11 is 7.57. The molecule has 0 aliphatic carbocycles. The van der Waals surface area contributed by atoms with Gasteiger partial charge < -0.3 is 10.6 Å². The molecule has 2 aliphatic heterocycles. The SMILES string of the molecule is CC(C)c1ccc(/C=C2/CSCC3=C2NC(=S)N[C@@H]3c2ccc(C(C)C)cc2)cc1. The zero-order valence-electron chi connectivity index (χ0n) is 18.2. The third-order valence-corrected chi connectivity index (χ3v) is 7.15. The van der Waals surface area contributed by atoms with Gasteiger partial charge in [0, 0.05) is 17.2 Å². The second-order valence-corrected chi connectivity index (χ2v) is 10.1. The summed E-state index contributed by atoms with van der Waals surface area (Å²) in [6, 6.07) is 18.1. The summed E-state index contributed by atoms with van der Waals surface area (Å²) in [6.07, 6.45) is 2.31. The van der Waals surface area contributed by atoms with Gasteiger partial charge in [-0.05, 0) is 63.5 Å². The van der Waals surface area contributed by atoms with Crippen LogP contribution in [-0.4, -0.2) is 16.6 Å². The number of allylic oxidation sites excluding steroid dienone is 1. The maximum Gasteiger partial charge on any atom is 0.171 e. The molecular weight excluding hydrogens is 404 g/mol. The number of nitrogens with one attached hydrogen (secondary N) is 2. The average molecular weight is 435 g/mol. The van der Waals surface area contributed by atoms with Crippen LogP contribution in [0.4, 0.5) is 0 Å². The highest BCUT2D eigenvalue weighted by Gasteiger charge is 2.30. The Labute approximate surface area is 190 Å². The molecule has 0 fully saturated rings. The molecule has 30 heavy (non-hydrogen) atoms. The highest BCUT2D eigenvalue weighted by atomic mass is 32.2. The summed E-state index contributed by atoms with van der Waals surface area (Å²) < 4.78 is 0. The molecule has 0 spiro atoms. The molecule has 0 aromatic heterocycles. The molecule has 156 valence electrons. The van der Waals surface area contributed by atoms with Crippen molar-refractivity contribution in [3.8, 4) is 0 Å². The van der Waals surface area contributed by atoms with E-state index in [0.29, 0.717) is 16.9 Å². The fourth-order valence-corrected chi connectivity index (χ4v) is 5.33. The summed E-state index contributed by atoms with van der Waals surface area (Å²) in [4.78, 5) is 0. The second kappa shape index (κ2) is 8.99.